The minimum absolute atomic E-state index is 0.0273. The molecular weight excluding hydrogens is 470 g/mol. The number of rotatable bonds is 4. The van der Waals surface area contributed by atoms with E-state index in [1.807, 2.05) is 60.7 Å². The Balaban J connectivity index is 1.68. The second-order valence-corrected chi connectivity index (χ2v) is 9.17. The van der Waals surface area contributed by atoms with E-state index in [0.717, 1.165) is 44.3 Å². The van der Waals surface area contributed by atoms with Crippen molar-refractivity contribution in [1.82, 2.24) is 0 Å². The second-order valence-electron chi connectivity index (χ2n) is 8.73. The van der Waals surface area contributed by atoms with Crippen molar-refractivity contribution >= 4 is 33.6 Å². The number of fused-ring (bicyclic) bond motifs is 3. The molecule has 5 heteroatoms. The molecule has 0 spiro atoms. The number of ether oxygens (including phenoxy) is 1. The van der Waals surface area contributed by atoms with E-state index in [-0.39, 0.29) is 5.69 Å². The lowest BCUT2D eigenvalue weighted by Crippen LogP contribution is -2.35. The van der Waals surface area contributed by atoms with Gasteiger partial charge in [-0.25, -0.2) is 0 Å². The molecule has 5 aromatic carbocycles. The Morgan fingerprint density at radius 2 is 1.36 bits per heavy atom. The fourth-order valence-electron chi connectivity index (χ4n) is 4.92. The van der Waals surface area contributed by atoms with Crippen molar-refractivity contribution < 1.29 is 9.66 Å². The van der Waals surface area contributed by atoms with Crippen LogP contribution in [-0.4, -0.2) is 4.92 Å². The third kappa shape index (κ3) is 3.63. The lowest BCUT2D eigenvalue weighted by Gasteiger charge is -2.38. The molecule has 6 rings (SSSR count). The van der Waals surface area contributed by atoms with Crippen molar-refractivity contribution in [2.45, 2.75) is 5.60 Å². The molecule has 0 fully saturated rings. The SMILES string of the molecule is O=[N+]([O-])c1ccc(C2(c3ccc(Cl)cc3)C=C(c3ccccc3)c3c(ccc4ccccc34)O2)cc1. The molecule has 174 valence electrons. The summed E-state index contributed by atoms with van der Waals surface area (Å²) in [5.41, 5.74) is 3.75. The van der Waals surface area contributed by atoms with Crippen LogP contribution in [0.5, 0.6) is 5.75 Å². The zero-order valence-electron chi connectivity index (χ0n) is 19.1. The molecule has 36 heavy (non-hydrogen) atoms. The van der Waals surface area contributed by atoms with E-state index in [0.29, 0.717) is 5.02 Å². The van der Waals surface area contributed by atoms with Crippen molar-refractivity contribution in [1.29, 1.82) is 0 Å². The Kier molecular flexibility index (Phi) is 5.32. The molecule has 5 aromatic rings. The maximum Gasteiger partial charge on any atom is 0.269 e. The summed E-state index contributed by atoms with van der Waals surface area (Å²) >= 11 is 6.24. The quantitative estimate of drug-likeness (QED) is 0.189. The average molecular weight is 490 g/mol. The van der Waals surface area contributed by atoms with Crippen molar-refractivity contribution in [3.8, 4) is 5.75 Å². The summed E-state index contributed by atoms with van der Waals surface area (Å²) in [6, 6.07) is 36.6. The summed E-state index contributed by atoms with van der Waals surface area (Å²) in [5.74, 6) is 0.739. The average Bonchev–Trinajstić information content (AvgIpc) is 2.93. The predicted octanol–water partition coefficient (Wildman–Crippen LogP) is 8.17. The number of halogens is 1. The molecule has 0 saturated heterocycles. The molecule has 0 aliphatic carbocycles. The van der Waals surface area contributed by atoms with E-state index in [2.05, 4.69) is 36.4 Å². The van der Waals surface area contributed by atoms with Gasteiger partial charge in [-0.1, -0.05) is 84.4 Å². The Hall–Kier alpha value is -4.41. The van der Waals surface area contributed by atoms with Crippen LogP contribution in [-0.2, 0) is 5.60 Å². The van der Waals surface area contributed by atoms with Gasteiger partial charge in [0.15, 0.2) is 5.60 Å². The molecule has 0 amide bonds. The summed E-state index contributed by atoms with van der Waals surface area (Å²) in [7, 11) is 0. The number of non-ortho nitro benzene ring substituents is 1. The predicted molar refractivity (Wildman–Crippen MR) is 143 cm³/mol. The van der Waals surface area contributed by atoms with Gasteiger partial charge in [0.25, 0.3) is 5.69 Å². The zero-order valence-corrected chi connectivity index (χ0v) is 19.9. The Morgan fingerprint density at radius 3 is 2.06 bits per heavy atom. The van der Waals surface area contributed by atoms with Gasteiger partial charge in [-0.2, -0.15) is 0 Å². The fourth-order valence-corrected chi connectivity index (χ4v) is 5.04. The molecular formula is C31H20ClNO3. The first-order chi connectivity index (χ1) is 17.5. The minimum Gasteiger partial charge on any atom is -0.473 e. The highest BCUT2D eigenvalue weighted by atomic mass is 35.5. The van der Waals surface area contributed by atoms with Crippen molar-refractivity contribution in [3.05, 3.63) is 159 Å². The standard InChI is InChI=1S/C31H20ClNO3/c32-25-15-11-23(12-16-25)31(24-13-17-26(18-14-24)33(34)35)20-28(21-6-2-1-3-7-21)30-27-9-5-4-8-22(27)10-19-29(30)36-31/h1-20H. The van der Waals surface area contributed by atoms with Crippen LogP contribution in [0.15, 0.2) is 121 Å². The van der Waals surface area contributed by atoms with Gasteiger partial charge >= 0.3 is 0 Å². The van der Waals surface area contributed by atoms with Gasteiger partial charge in [-0.15, -0.1) is 0 Å². The molecule has 0 N–H and O–H groups in total. The summed E-state index contributed by atoms with van der Waals surface area (Å²) < 4.78 is 6.90. The van der Waals surface area contributed by atoms with Crippen molar-refractivity contribution in [3.63, 3.8) is 0 Å². The maximum atomic E-state index is 11.3. The summed E-state index contributed by atoms with van der Waals surface area (Å²) in [6.07, 6.45) is 2.13. The number of nitro benzene ring substituents is 1. The molecule has 0 bridgehead atoms. The number of nitro groups is 1. The normalized spacial score (nSPS) is 16.6. The Bertz CT molecular complexity index is 1630. The first kappa shape index (κ1) is 22.1. The molecule has 0 radical (unpaired) electrons. The van der Waals surface area contributed by atoms with E-state index in [1.54, 1.807) is 12.1 Å². The van der Waals surface area contributed by atoms with Crippen LogP contribution in [0.3, 0.4) is 0 Å². The Labute approximate surface area is 213 Å². The van der Waals surface area contributed by atoms with Crippen LogP contribution < -0.4 is 4.74 Å². The zero-order chi connectivity index (χ0) is 24.7. The highest BCUT2D eigenvalue weighted by Crippen LogP contribution is 2.49. The Morgan fingerprint density at radius 1 is 0.722 bits per heavy atom. The third-order valence-corrected chi connectivity index (χ3v) is 6.90. The second kappa shape index (κ2) is 8.67. The first-order valence-electron chi connectivity index (χ1n) is 11.6. The van der Waals surface area contributed by atoms with Gasteiger partial charge in [-0.05, 0) is 58.3 Å². The monoisotopic (exact) mass is 489 g/mol. The van der Waals surface area contributed by atoms with Crippen LogP contribution in [0.4, 0.5) is 5.69 Å². The van der Waals surface area contributed by atoms with Crippen LogP contribution >= 0.6 is 11.6 Å². The van der Waals surface area contributed by atoms with Gasteiger partial charge in [-0.3, -0.25) is 10.1 Å². The van der Waals surface area contributed by atoms with E-state index in [9.17, 15) is 10.1 Å². The van der Waals surface area contributed by atoms with E-state index in [1.165, 1.54) is 12.1 Å². The first-order valence-corrected chi connectivity index (χ1v) is 11.9. The minimum atomic E-state index is -1.03. The topological polar surface area (TPSA) is 52.4 Å². The third-order valence-electron chi connectivity index (χ3n) is 6.64. The lowest BCUT2D eigenvalue weighted by atomic mass is 9.79. The molecule has 4 nitrogen and oxygen atoms in total. The molecule has 1 atom stereocenters. The molecule has 1 aliphatic rings. The van der Waals surface area contributed by atoms with Crippen molar-refractivity contribution in [2.75, 3.05) is 0 Å². The smallest absolute Gasteiger partial charge is 0.269 e. The summed E-state index contributed by atoms with van der Waals surface area (Å²) in [4.78, 5) is 11.0. The van der Waals surface area contributed by atoms with Gasteiger partial charge in [0.2, 0.25) is 0 Å². The highest BCUT2D eigenvalue weighted by molar-refractivity contribution is 6.30. The largest absolute Gasteiger partial charge is 0.473 e. The number of nitrogens with zero attached hydrogens (tertiary/aromatic N) is 1. The molecule has 1 unspecified atom stereocenters. The van der Waals surface area contributed by atoms with E-state index >= 15 is 0 Å². The van der Waals surface area contributed by atoms with Gasteiger partial charge in [0.1, 0.15) is 5.75 Å². The van der Waals surface area contributed by atoms with Gasteiger partial charge < -0.3 is 4.74 Å². The van der Waals surface area contributed by atoms with Crippen molar-refractivity contribution in [2.24, 2.45) is 0 Å². The molecule has 0 aromatic heterocycles. The van der Waals surface area contributed by atoms with Crippen LogP contribution in [0, 0.1) is 10.1 Å². The highest BCUT2D eigenvalue weighted by Gasteiger charge is 2.40. The van der Waals surface area contributed by atoms with Gasteiger partial charge in [0.05, 0.1) is 4.92 Å². The van der Waals surface area contributed by atoms with Crippen LogP contribution in [0.25, 0.3) is 16.3 Å². The number of benzene rings is 5. The molecule has 1 heterocycles. The number of hydrogen-bond acceptors (Lipinski definition) is 3. The number of hydrogen-bond donors (Lipinski definition) is 0. The summed E-state index contributed by atoms with van der Waals surface area (Å²) in [6.45, 7) is 0. The maximum absolute atomic E-state index is 11.3. The van der Waals surface area contributed by atoms with Crippen LogP contribution in [0.1, 0.15) is 22.3 Å². The van der Waals surface area contributed by atoms with E-state index in [4.69, 9.17) is 16.3 Å². The molecule has 1 aliphatic heterocycles. The van der Waals surface area contributed by atoms with Crippen LogP contribution in [0.2, 0.25) is 5.02 Å². The summed E-state index contributed by atoms with van der Waals surface area (Å²) in [5, 5.41) is 14.2. The van der Waals surface area contributed by atoms with Gasteiger partial charge in [0, 0.05) is 33.8 Å². The fraction of sp³-hybridized carbons (Fsp3) is 0.0323. The molecule has 0 saturated carbocycles. The lowest BCUT2D eigenvalue weighted by molar-refractivity contribution is -0.384. The van der Waals surface area contributed by atoms with E-state index < -0.39 is 10.5 Å².